The quantitative estimate of drug-likeness (QED) is 0.459. The largest absolute Gasteiger partial charge is 0.450 e. The Bertz CT molecular complexity index is 1310. The van der Waals surface area contributed by atoms with Crippen molar-refractivity contribution in [1.29, 1.82) is 0 Å². The van der Waals surface area contributed by atoms with Crippen LogP contribution in [0.3, 0.4) is 0 Å². The second kappa shape index (κ2) is 9.07. The molecule has 3 aromatic heterocycles. The lowest BCUT2D eigenvalue weighted by Crippen LogP contribution is -2.32. The third-order valence-corrected chi connectivity index (χ3v) is 5.56. The molecule has 5 rings (SSSR count). The fourth-order valence-electron chi connectivity index (χ4n) is 4.04. The maximum absolute atomic E-state index is 14.1. The first-order valence-corrected chi connectivity index (χ1v) is 10.8. The van der Waals surface area contributed by atoms with E-state index in [4.69, 9.17) is 13.9 Å². The lowest BCUT2D eigenvalue weighted by Gasteiger charge is -2.22. The number of ether oxygens (including phenoxy) is 2. The van der Waals surface area contributed by atoms with Crippen LogP contribution in [0.25, 0.3) is 21.9 Å². The summed E-state index contributed by atoms with van der Waals surface area (Å²) < 4.78 is 60.4. The van der Waals surface area contributed by atoms with Gasteiger partial charge in [0, 0.05) is 30.5 Å². The van der Waals surface area contributed by atoms with E-state index in [-0.39, 0.29) is 29.1 Å². The Labute approximate surface area is 191 Å². The Morgan fingerprint density at radius 3 is 2.85 bits per heavy atom. The van der Waals surface area contributed by atoms with Gasteiger partial charge in [0.2, 0.25) is 5.76 Å². The highest BCUT2D eigenvalue weighted by molar-refractivity contribution is 6.09. The van der Waals surface area contributed by atoms with E-state index < -0.39 is 23.4 Å². The minimum atomic E-state index is -4.82. The number of amides is 1. The van der Waals surface area contributed by atoms with Crippen LogP contribution in [0.5, 0.6) is 0 Å². The highest BCUT2D eigenvalue weighted by Crippen LogP contribution is 2.42. The third-order valence-electron chi connectivity index (χ3n) is 5.56. The van der Waals surface area contributed by atoms with Crippen LogP contribution in [0.15, 0.2) is 47.3 Å². The standard InChI is InChI=1S/C23H21F3N4O4/c24-23(25,26)19-18-17(34-21(19)22(31)28-7-5-14-2-1-6-27-10-14)4-3-15-11-30(29-20(15)18)12-16-13-32-8-9-33-16/h1-4,6,10-11,16H,5,7-9,12-13H2,(H,28,31)/t16-/m0/s1. The molecule has 1 N–H and O–H groups in total. The maximum atomic E-state index is 14.1. The van der Waals surface area contributed by atoms with Gasteiger partial charge in [-0.05, 0) is 30.2 Å². The zero-order valence-corrected chi connectivity index (χ0v) is 18.0. The molecular weight excluding hydrogens is 453 g/mol. The lowest BCUT2D eigenvalue weighted by atomic mass is 10.1. The predicted octanol–water partition coefficient (Wildman–Crippen LogP) is 3.58. The number of benzene rings is 1. The average molecular weight is 474 g/mol. The molecule has 0 spiro atoms. The van der Waals surface area contributed by atoms with E-state index in [0.717, 1.165) is 5.56 Å². The van der Waals surface area contributed by atoms with Gasteiger partial charge < -0.3 is 19.2 Å². The number of aromatic nitrogens is 3. The van der Waals surface area contributed by atoms with Gasteiger partial charge in [0.05, 0.1) is 31.8 Å². The van der Waals surface area contributed by atoms with Crippen LogP contribution < -0.4 is 5.32 Å². The van der Waals surface area contributed by atoms with Crippen molar-refractivity contribution in [3.05, 3.63) is 59.7 Å². The lowest BCUT2D eigenvalue weighted by molar-refractivity contribution is -0.137. The number of nitrogens with one attached hydrogen (secondary N) is 1. The fraction of sp³-hybridized carbons (Fsp3) is 0.348. The van der Waals surface area contributed by atoms with Gasteiger partial charge in [-0.15, -0.1) is 0 Å². The van der Waals surface area contributed by atoms with Crippen molar-refractivity contribution in [1.82, 2.24) is 20.1 Å². The van der Waals surface area contributed by atoms with E-state index in [1.807, 2.05) is 6.07 Å². The molecule has 1 atom stereocenters. The number of carbonyl (C=O) groups is 1. The van der Waals surface area contributed by atoms with E-state index in [1.54, 1.807) is 30.7 Å². The monoisotopic (exact) mass is 474 g/mol. The van der Waals surface area contributed by atoms with E-state index in [2.05, 4.69) is 15.4 Å². The molecule has 178 valence electrons. The summed E-state index contributed by atoms with van der Waals surface area (Å²) in [5.74, 6) is -1.72. The number of carbonyl (C=O) groups excluding carboxylic acids is 1. The van der Waals surface area contributed by atoms with Crippen LogP contribution in [0.1, 0.15) is 21.7 Å². The molecule has 1 amide bonds. The first-order valence-electron chi connectivity index (χ1n) is 10.8. The minimum Gasteiger partial charge on any atom is -0.450 e. The Morgan fingerprint density at radius 2 is 2.12 bits per heavy atom. The minimum absolute atomic E-state index is 0.0558. The van der Waals surface area contributed by atoms with Crippen LogP contribution in [0.4, 0.5) is 13.2 Å². The number of rotatable bonds is 6. The smallest absolute Gasteiger partial charge is 0.421 e. The summed E-state index contributed by atoms with van der Waals surface area (Å²) in [4.78, 5) is 16.7. The SMILES string of the molecule is O=C(NCCc1cccnc1)c1oc2ccc3cn(C[C@H]4COCCO4)nc3c2c1C(F)(F)F. The van der Waals surface area contributed by atoms with E-state index >= 15 is 0 Å². The van der Waals surface area contributed by atoms with Crippen LogP contribution >= 0.6 is 0 Å². The van der Waals surface area contributed by atoms with Crippen molar-refractivity contribution in [3.8, 4) is 0 Å². The first kappa shape index (κ1) is 22.4. The molecular formula is C23H21F3N4O4. The molecule has 4 heterocycles. The number of hydrogen-bond donors (Lipinski definition) is 1. The van der Waals surface area contributed by atoms with Crippen LogP contribution in [0, 0.1) is 0 Å². The fourth-order valence-corrected chi connectivity index (χ4v) is 4.04. The number of furan rings is 1. The second-order valence-electron chi connectivity index (χ2n) is 7.97. The summed E-state index contributed by atoms with van der Waals surface area (Å²) in [6, 6.07) is 6.60. The summed E-state index contributed by atoms with van der Waals surface area (Å²) in [6.45, 7) is 1.81. The summed E-state index contributed by atoms with van der Waals surface area (Å²) in [7, 11) is 0. The number of alkyl halides is 3. The molecule has 1 fully saturated rings. The molecule has 1 aliphatic rings. The van der Waals surface area contributed by atoms with Crippen LogP contribution in [-0.2, 0) is 28.6 Å². The van der Waals surface area contributed by atoms with E-state index in [9.17, 15) is 18.0 Å². The molecule has 0 radical (unpaired) electrons. The highest BCUT2D eigenvalue weighted by atomic mass is 19.4. The van der Waals surface area contributed by atoms with Crippen molar-refractivity contribution in [2.24, 2.45) is 0 Å². The topological polar surface area (TPSA) is 91.4 Å². The Hall–Kier alpha value is -3.44. The zero-order chi connectivity index (χ0) is 23.7. The Kier molecular flexibility index (Phi) is 5.96. The van der Waals surface area contributed by atoms with Crippen molar-refractivity contribution in [2.45, 2.75) is 25.2 Å². The van der Waals surface area contributed by atoms with Gasteiger partial charge in [-0.3, -0.25) is 14.5 Å². The number of fused-ring (bicyclic) bond motifs is 3. The van der Waals surface area contributed by atoms with Gasteiger partial charge in [-0.2, -0.15) is 18.3 Å². The maximum Gasteiger partial charge on any atom is 0.421 e. The van der Waals surface area contributed by atoms with Crippen molar-refractivity contribution < 1.29 is 31.9 Å². The normalized spacial score (nSPS) is 16.9. The molecule has 1 saturated heterocycles. The van der Waals surface area contributed by atoms with Gasteiger partial charge in [0.25, 0.3) is 5.91 Å². The Balaban J connectivity index is 1.47. The number of pyridine rings is 1. The van der Waals surface area contributed by atoms with Crippen LogP contribution in [0.2, 0.25) is 0 Å². The zero-order valence-electron chi connectivity index (χ0n) is 18.0. The summed E-state index contributed by atoms with van der Waals surface area (Å²) >= 11 is 0. The van der Waals surface area contributed by atoms with Crippen LogP contribution in [-0.4, -0.2) is 53.1 Å². The molecule has 1 aliphatic heterocycles. The molecule has 0 unspecified atom stereocenters. The van der Waals surface area contributed by atoms with Gasteiger partial charge in [0.1, 0.15) is 22.8 Å². The van der Waals surface area contributed by atoms with Crippen molar-refractivity contribution in [2.75, 3.05) is 26.4 Å². The number of hydrogen-bond acceptors (Lipinski definition) is 6. The molecule has 0 saturated carbocycles. The second-order valence-corrected chi connectivity index (χ2v) is 7.97. The molecule has 4 aromatic rings. The Morgan fingerprint density at radius 1 is 1.24 bits per heavy atom. The highest BCUT2D eigenvalue weighted by Gasteiger charge is 2.41. The molecule has 0 aliphatic carbocycles. The first-order chi connectivity index (χ1) is 16.4. The van der Waals surface area contributed by atoms with Gasteiger partial charge >= 0.3 is 6.18 Å². The summed E-state index contributed by atoms with van der Waals surface area (Å²) in [5.41, 5.74) is -0.225. The average Bonchev–Trinajstić information content (AvgIpc) is 3.41. The molecule has 0 bridgehead atoms. The summed E-state index contributed by atoms with van der Waals surface area (Å²) in [6.07, 6.45) is 0.248. The molecule has 34 heavy (non-hydrogen) atoms. The number of halogens is 3. The van der Waals surface area contributed by atoms with Gasteiger partial charge in [-0.1, -0.05) is 6.07 Å². The van der Waals surface area contributed by atoms with Gasteiger partial charge in [-0.25, -0.2) is 0 Å². The number of nitrogens with zero attached hydrogens (tertiary/aromatic N) is 3. The van der Waals surface area contributed by atoms with Crippen molar-refractivity contribution >= 4 is 27.8 Å². The predicted molar refractivity (Wildman–Crippen MR) is 115 cm³/mol. The molecule has 8 nitrogen and oxygen atoms in total. The third kappa shape index (κ3) is 4.48. The van der Waals surface area contributed by atoms with Gasteiger partial charge in [0.15, 0.2) is 0 Å². The summed E-state index contributed by atoms with van der Waals surface area (Å²) in [5, 5.41) is 7.14. The van der Waals surface area contributed by atoms with E-state index in [0.29, 0.717) is 38.2 Å². The molecule has 11 heteroatoms. The van der Waals surface area contributed by atoms with Crippen molar-refractivity contribution in [3.63, 3.8) is 0 Å². The molecule has 1 aromatic carbocycles. The van der Waals surface area contributed by atoms with E-state index in [1.165, 1.54) is 10.7 Å².